The molecule has 0 aliphatic heterocycles. The molecule has 1 unspecified atom stereocenters. The molecule has 1 aromatic carbocycles. The van der Waals surface area contributed by atoms with Crippen molar-refractivity contribution in [2.45, 2.75) is 18.6 Å². The van der Waals surface area contributed by atoms with Gasteiger partial charge in [0, 0.05) is 28.5 Å². The number of likely N-dealkylation sites (N-methyl/N-ethyl adjacent to an activating group) is 1. The lowest BCUT2D eigenvalue weighted by molar-refractivity contribution is -0.138. The van der Waals surface area contributed by atoms with Crippen LogP contribution in [-0.2, 0) is 12.6 Å². The second-order valence-corrected chi connectivity index (χ2v) is 6.04. The average Bonchev–Trinajstić information content (AvgIpc) is 2.88. The van der Waals surface area contributed by atoms with E-state index in [1.54, 1.807) is 19.3 Å². The first-order valence-corrected chi connectivity index (χ1v) is 7.51. The summed E-state index contributed by atoms with van der Waals surface area (Å²) in [5.41, 5.74) is -0.0624. The lowest BCUT2D eigenvalue weighted by atomic mass is 10.0. The molecular weight excluding hydrogens is 353 g/mol. The fourth-order valence-electron chi connectivity index (χ4n) is 1.89. The minimum atomic E-state index is -4.37. The first-order chi connectivity index (χ1) is 9.41. The van der Waals surface area contributed by atoms with Gasteiger partial charge in [0.15, 0.2) is 0 Å². The van der Waals surface area contributed by atoms with Crippen LogP contribution in [0.1, 0.15) is 22.2 Å². The third kappa shape index (κ3) is 3.59. The van der Waals surface area contributed by atoms with Crippen LogP contribution in [0.5, 0.6) is 0 Å². The Morgan fingerprint density at radius 1 is 1.40 bits per heavy atom. The minimum absolute atomic E-state index is 0.0536. The highest BCUT2D eigenvalue weighted by atomic mass is 79.9. The number of nitrogens with zero attached hydrogens (tertiary/aromatic N) is 1. The van der Waals surface area contributed by atoms with Gasteiger partial charge in [-0.25, -0.2) is 4.98 Å². The number of halogens is 4. The molecule has 2 aromatic rings. The fraction of sp³-hybridized carbons (Fsp3) is 0.308. The molecule has 108 valence electrons. The van der Waals surface area contributed by atoms with Crippen molar-refractivity contribution in [1.29, 1.82) is 0 Å². The van der Waals surface area contributed by atoms with Crippen LogP contribution in [-0.4, -0.2) is 12.0 Å². The number of hydrogen-bond donors (Lipinski definition) is 1. The molecule has 7 heteroatoms. The number of aromatic nitrogens is 1. The van der Waals surface area contributed by atoms with Crippen molar-refractivity contribution in [3.8, 4) is 0 Å². The molecule has 20 heavy (non-hydrogen) atoms. The third-order valence-corrected chi connectivity index (χ3v) is 4.40. The molecule has 2 rings (SSSR count). The number of thiazole rings is 1. The van der Waals surface area contributed by atoms with Crippen molar-refractivity contribution in [1.82, 2.24) is 10.3 Å². The van der Waals surface area contributed by atoms with Crippen LogP contribution in [0.25, 0.3) is 0 Å². The third-order valence-electron chi connectivity index (χ3n) is 2.91. The van der Waals surface area contributed by atoms with Crippen LogP contribution in [0.15, 0.2) is 34.2 Å². The lowest BCUT2D eigenvalue weighted by Crippen LogP contribution is -2.19. The van der Waals surface area contributed by atoms with Gasteiger partial charge in [0.25, 0.3) is 0 Å². The summed E-state index contributed by atoms with van der Waals surface area (Å²) in [5.74, 6) is 0. The molecule has 0 saturated heterocycles. The Hall–Kier alpha value is -0.920. The Kier molecular flexibility index (Phi) is 4.82. The molecule has 1 atom stereocenters. The van der Waals surface area contributed by atoms with Crippen molar-refractivity contribution >= 4 is 27.3 Å². The number of nitrogens with one attached hydrogen (secondary N) is 1. The van der Waals surface area contributed by atoms with E-state index in [1.165, 1.54) is 23.5 Å². The van der Waals surface area contributed by atoms with Gasteiger partial charge in [0.05, 0.1) is 10.6 Å². The van der Waals surface area contributed by atoms with E-state index in [0.717, 1.165) is 5.01 Å². The highest BCUT2D eigenvalue weighted by molar-refractivity contribution is 9.10. The predicted octanol–water partition coefficient (Wildman–Crippen LogP) is 4.43. The number of benzene rings is 1. The predicted molar refractivity (Wildman–Crippen MR) is 76.8 cm³/mol. The van der Waals surface area contributed by atoms with E-state index in [9.17, 15) is 13.2 Å². The number of hydrogen-bond acceptors (Lipinski definition) is 3. The molecule has 0 aliphatic carbocycles. The maximum absolute atomic E-state index is 12.9. The van der Waals surface area contributed by atoms with Crippen LogP contribution in [0, 0.1) is 0 Å². The van der Waals surface area contributed by atoms with Gasteiger partial charge in [-0.15, -0.1) is 11.3 Å². The van der Waals surface area contributed by atoms with E-state index < -0.39 is 11.7 Å². The Balaban J connectivity index is 2.30. The van der Waals surface area contributed by atoms with E-state index in [4.69, 9.17) is 0 Å². The monoisotopic (exact) mass is 364 g/mol. The first-order valence-electron chi connectivity index (χ1n) is 5.84. The van der Waals surface area contributed by atoms with Gasteiger partial charge in [-0.05, 0) is 24.7 Å². The van der Waals surface area contributed by atoms with Gasteiger partial charge in [-0.2, -0.15) is 13.2 Å². The average molecular weight is 365 g/mol. The van der Waals surface area contributed by atoms with Crippen LogP contribution in [0.3, 0.4) is 0 Å². The topological polar surface area (TPSA) is 24.9 Å². The summed E-state index contributed by atoms with van der Waals surface area (Å²) in [7, 11) is 1.73. The maximum Gasteiger partial charge on any atom is 0.417 e. The summed E-state index contributed by atoms with van der Waals surface area (Å²) in [6, 6.07) is 4.10. The molecule has 1 aromatic heterocycles. The summed E-state index contributed by atoms with van der Waals surface area (Å²) in [5, 5.41) is 5.78. The molecule has 0 radical (unpaired) electrons. The van der Waals surface area contributed by atoms with Crippen molar-refractivity contribution in [3.05, 3.63) is 50.4 Å². The van der Waals surface area contributed by atoms with Crippen molar-refractivity contribution < 1.29 is 13.2 Å². The first kappa shape index (κ1) is 15.5. The summed E-state index contributed by atoms with van der Waals surface area (Å²) in [4.78, 5) is 4.17. The zero-order valence-electron chi connectivity index (χ0n) is 10.5. The molecule has 1 N–H and O–H groups in total. The van der Waals surface area contributed by atoms with Crippen molar-refractivity contribution in [2.24, 2.45) is 0 Å². The van der Waals surface area contributed by atoms with E-state index in [-0.39, 0.29) is 10.5 Å². The highest BCUT2D eigenvalue weighted by Gasteiger charge is 2.33. The standard InChI is InChI=1S/C13H12BrF3N2S/c1-18-11(7-12-19-4-5-20-12)8-2-3-10(14)9(6-8)13(15,16)17/h2-6,11,18H,7H2,1H3. The molecule has 0 fully saturated rings. The molecule has 1 heterocycles. The summed E-state index contributed by atoms with van der Waals surface area (Å²) >= 11 is 4.44. The Morgan fingerprint density at radius 2 is 2.15 bits per heavy atom. The molecule has 2 nitrogen and oxygen atoms in total. The quantitative estimate of drug-likeness (QED) is 0.867. The van der Waals surface area contributed by atoms with Crippen molar-refractivity contribution in [3.63, 3.8) is 0 Å². The van der Waals surface area contributed by atoms with Gasteiger partial charge in [0.1, 0.15) is 0 Å². The largest absolute Gasteiger partial charge is 0.417 e. The maximum atomic E-state index is 12.9. The Morgan fingerprint density at radius 3 is 2.70 bits per heavy atom. The number of alkyl halides is 3. The van der Waals surface area contributed by atoms with Crippen LogP contribution in [0.4, 0.5) is 13.2 Å². The number of rotatable bonds is 4. The van der Waals surface area contributed by atoms with Gasteiger partial charge < -0.3 is 5.32 Å². The summed E-state index contributed by atoms with van der Waals surface area (Å²) in [6.07, 6.45) is -2.11. The summed E-state index contributed by atoms with van der Waals surface area (Å²) < 4.78 is 38.8. The zero-order chi connectivity index (χ0) is 14.8. The van der Waals surface area contributed by atoms with Gasteiger partial charge in [-0.3, -0.25) is 0 Å². The minimum Gasteiger partial charge on any atom is -0.313 e. The van der Waals surface area contributed by atoms with Crippen LogP contribution in [0.2, 0.25) is 0 Å². The normalized spacial score (nSPS) is 13.4. The molecule has 0 aliphatic rings. The van der Waals surface area contributed by atoms with Crippen molar-refractivity contribution in [2.75, 3.05) is 7.05 Å². The Labute approximate surface area is 127 Å². The summed E-state index contributed by atoms with van der Waals surface area (Å²) in [6.45, 7) is 0. The van der Waals surface area contributed by atoms with Crippen LogP contribution >= 0.6 is 27.3 Å². The van der Waals surface area contributed by atoms with E-state index in [1.807, 2.05) is 5.38 Å². The SMILES string of the molecule is CNC(Cc1nccs1)c1ccc(Br)c(C(F)(F)F)c1. The second kappa shape index (κ2) is 6.24. The smallest absolute Gasteiger partial charge is 0.313 e. The lowest BCUT2D eigenvalue weighted by Gasteiger charge is -2.18. The van der Waals surface area contributed by atoms with E-state index in [0.29, 0.717) is 12.0 Å². The second-order valence-electron chi connectivity index (χ2n) is 4.21. The van der Waals surface area contributed by atoms with Gasteiger partial charge in [0.2, 0.25) is 0 Å². The van der Waals surface area contributed by atoms with Gasteiger partial charge in [-0.1, -0.05) is 22.0 Å². The Bertz CT molecular complexity index is 569. The molecule has 0 bridgehead atoms. The molecule has 0 saturated carbocycles. The van der Waals surface area contributed by atoms with Crippen LogP contribution < -0.4 is 5.32 Å². The molecular formula is C13H12BrF3N2S. The highest BCUT2D eigenvalue weighted by Crippen LogP contribution is 2.36. The fourth-order valence-corrected chi connectivity index (χ4v) is 3.03. The van der Waals surface area contributed by atoms with Gasteiger partial charge >= 0.3 is 6.18 Å². The molecule has 0 spiro atoms. The molecule has 0 amide bonds. The van der Waals surface area contributed by atoms with E-state index in [2.05, 4.69) is 26.2 Å². The zero-order valence-corrected chi connectivity index (χ0v) is 12.9. The van der Waals surface area contributed by atoms with E-state index >= 15 is 0 Å².